The molecule has 2 nitrogen and oxygen atoms in total. The van der Waals surface area contributed by atoms with Gasteiger partial charge in [-0.05, 0) is 18.2 Å². The monoisotopic (exact) mass is 213 g/mol. The standard InChI is InChI=1S/C11H15NO.ClH/c1-12-6-10-8-13-7-9-4-2-3-5-11(9)10;/h2-5,10,12H,6-8H2,1H3;1H. The minimum atomic E-state index is 0. The molecular weight excluding hydrogens is 198 g/mol. The molecule has 0 fully saturated rings. The van der Waals surface area contributed by atoms with Crippen LogP contribution in [0.4, 0.5) is 0 Å². The average molecular weight is 214 g/mol. The van der Waals surface area contributed by atoms with Crippen LogP contribution in [0.1, 0.15) is 17.0 Å². The van der Waals surface area contributed by atoms with Crippen molar-refractivity contribution >= 4 is 12.4 Å². The third kappa shape index (κ3) is 2.27. The normalized spacial score (nSPS) is 19.6. The van der Waals surface area contributed by atoms with Crippen molar-refractivity contribution in [1.29, 1.82) is 0 Å². The summed E-state index contributed by atoms with van der Waals surface area (Å²) < 4.78 is 5.52. The summed E-state index contributed by atoms with van der Waals surface area (Å²) in [6.07, 6.45) is 0. The summed E-state index contributed by atoms with van der Waals surface area (Å²) in [6, 6.07) is 8.54. The molecule has 1 atom stereocenters. The van der Waals surface area contributed by atoms with Crippen LogP contribution in [0, 0.1) is 0 Å². The number of nitrogens with one attached hydrogen (secondary N) is 1. The molecule has 0 saturated carbocycles. The van der Waals surface area contributed by atoms with Gasteiger partial charge >= 0.3 is 0 Å². The van der Waals surface area contributed by atoms with Crippen molar-refractivity contribution in [1.82, 2.24) is 5.32 Å². The number of halogens is 1. The van der Waals surface area contributed by atoms with Crippen molar-refractivity contribution in [2.24, 2.45) is 0 Å². The number of hydrogen-bond donors (Lipinski definition) is 1. The third-order valence-electron chi connectivity index (χ3n) is 2.52. The lowest BCUT2D eigenvalue weighted by Gasteiger charge is -2.25. The lowest BCUT2D eigenvalue weighted by molar-refractivity contribution is 0.0911. The van der Waals surface area contributed by atoms with Crippen molar-refractivity contribution in [2.75, 3.05) is 20.2 Å². The maximum absolute atomic E-state index is 5.52. The predicted octanol–water partition coefficient (Wildman–Crippen LogP) is 1.94. The second-order valence-electron chi connectivity index (χ2n) is 3.47. The van der Waals surface area contributed by atoms with E-state index < -0.39 is 0 Å². The molecule has 1 unspecified atom stereocenters. The Bertz CT molecular complexity index is 290. The molecule has 0 bridgehead atoms. The number of benzene rings is 1. The molecule has 0 saturated heterocycles. The van der Waals surface area contributed by atoms with Crippen LogP contribution < -0.4 is 5.32 Å². The highest BCUT2D eigenvalue weighted by Gasteiger charge is 2.18. The number of hydrogen-bond acceptors (Lipinski definition) is 2. The fourth-order valence-electron chi connectivity index (χ4n) is 1.88. The second-order valence-corrected chi connectivity index (χ2v) is 3.47. The molecule has 0 aromatic heterocycles. The van der Waals surface area contributed by atoms with Crippen molar-refractivity contribution in [3.05, 3.63) is 35.4 Å². The summed E-state index contributed by atoms with van der Waals surface area (Å²) in [5.41, 5.74) is 2.79. The number of rotatable bonds is 2. The largest absolute Gasteiger partial charge is 0.376 e. The highest BCUT2D eigenvalue weighted by atomic mass is 35.5. The van der Waals surface area contributed by atoms with Gasteiger partial charge in [0.25, 0.3) is 0 Å². The lowest BCUT2D eigenvalue weighted by Crippen LogP contribution is -2.25. The fraction of sp³-hybridized carbons (Fsp3) is 0.455. The Morgan fingerprint density at radius 1 is 1.43 bits per heavy atom. The Hall–Kier alpha value is -0.570. The summed E-state index contributed by atoms with van der Waals surface area (Å²) in [5, 5.41) is 3.20. The van der Waals surface area contributed by atoms with Crippen LogP contribution in [0.2, 0.25) is 0 Å². The van der Waals surface area contributed by atoms with Crippen LogP contribution in [0.5, 0.6) is 0 Å². The van der Waals surface area contributed by atoms with Gasteiger partial charge in [-0.25, -0.2) is 0 Å². The van der Waals surface area contributed by atoms with Gasteiger partial charge in [-0.15, -0.1) is 12.4 Å². The maximum Gasteiger partial charge on any atom is 0.0719 e. The third-order valence-corrected chi connectivity index (χ3v) is 2.52. The highest BCUT2D eigenvalue weighted by molar-refractivity contribution is 5.85. The molecule has 1 aliphatic rings. The van der Waals surface area contributed by atoms with E-state index in [1.165, 1.54) is 11.1 Å². The quantitative estimate of drug-likeness (QED) is 0.811. The van der Waals surface area contributed by atoms with E-state index in [1.807, 2.05) is 7.05 Å². The average Bonchev–Trinajstić information content (AvgIpc) is 2.19. The Morgan fingerprint density at radius 3 is 3.00 bits per heavy atom. The molecule has 1 aromatic rings. The van der Waals surface area contributed by atoms with E-state index in [0.29, 0.717) is 5.92 Å². The van der Waals surface area contributed by atoms with Gasteiger partial charge in [-0.3, -0.25) is 0 Å². The van der Waals surface area contributed by atoms with Crippen molar-refractivity contribution in [2.45, 2.75) is 12.5 Å². The summed E-state index contributed by atoms with van der Waals surface area (Å²) in [7, 11) is 1.98. The Morgan fingerprint density at radius 2 is 2.21 bits per heavy atom. The van der Waals surface area contributed by atoms with Crippen LogP contribution in [-0.4, -0.2) is 20.2 Å². The Balaban J connectivity index is 0.000000980. The first kappa shape index (κ1) is 11.5. The van der Waals surface area contributed by atoms with Gasteiger partial charge in [0.1, 0.15) is 0 Å². The molecule has 0 spiro atoms. The Kier molecular flexibility index (Phi) is 4.39. The summed E-state index contributed by atoms with van der Waals surface area (Å²) in [4.78, 5) is 0. The number of likely N-dealkylation sites (N-methyl/N-ethyl adjacent to an activating group) is 1. The van der Waals surface area contributed by atoms with Crippen LogP contribution in [0.15, 0.2) is 24.3 Å². The van der Waals surface area contributed by atoms with E-state index in [9.17, 15) is 0 Å². The van der Waals surface area contributed by atoms with Gasteiger partial charge in [0.2, 0.25) is 0 Å². The Labute approximate surface area is 91.1 Å². The van der Waals surface area contributed by atoms with E-state index >= 15 is 0 Å². The molecule has 1 heterocycles. The zero-order chi connectivity index (χ0) is 9.10. The molecule has 2 rings (SSSR count). The van der Waals surface area contributed by atoms with Crippen LogP contribution in [0.3, 0.4) is 0 Å². The molecule has 0 aliphatic carbocycles. The van der Waals surface area contributed by atoms with E-state index in [1.54, 1.807) is 0 Å². The molecule has 78 valence electrons. The molecule has 1 aliphatic heterocycles. The van der Waals surface area contributed by atoms with Gasteiger partial charge in [0.15, 0.2) is 0 Å². The predicted molar refractivity (Wildman–Crippen MR) is 60.0 cm³/mol. The van der Waals surface area contributed by atoms with E-state index in [-0.39, 0.29) is 12.4 Å². The van der Waals surface area contributed by atoms with Gasteiger partial charge < -0.3 is 10.1 Å². The van der Waals surface area contributed by atoms with Crippen LogP contribution in [-0.2, 0) is 11.3 Å². The molecular formula is C11H16ClNO. The maximum atomic E-state index is 5.52. The first-order valence-corrected chi connectivity index (χ1v) is 4.72. The highest BCUT2D eigenvalue weighted by Crippen LogP contribution is 2.25. The molecule has 1 aromatic carbocycles. The number of fused-ring (bicyclic) bond motifs is 1. The molecule has 1 N–H and O–H groups in total. The smallest absolute Gasteiger partial charge is 0.0719 e. The van der Waals surface area contributed by atoms with Gasteiger partial charge in [-0.2, -0.15) is 0 Å². The van der Waals surface area contributed by atoms with Crippen molar-refractivity contribution in [3.8, 4) is 0 Å². The zero-order valence-corrected chi connectivity index (χ0v) is 9.14. The topological polar surface area (TPSA) is 21.3 Å². The number of ether oxygens (including phenoxy) is 1. The SMILES string of the molecule is CNCC1COCc2ccccc21.Cl. The molecule has 0 radical (unpaired) electrons. The van der Waals surface area contributed by atoms with Gasteiger partial charge in [0, 0.05) is 12.5 Å². The summed E-state index contributed by atoms with van der Waals surface area (Å²) in [6.45, 7) is 2.62. The summed E-state index contributed by atoms with van der Waals surface area (Å²) >= 11 is 0. The van der Waals surface area contributed by atoms with E-state index in [0.717, 1.165) is 19.8 Å². The summed E-state index contributed by atoms with van der Waals surface area (Å²) in [5.74, 6) is 0.523. The molecule has 14 heavy (non-hydrogen) atoms. The minimum absolute atomic E-state index is 0. The van der Waals surface area contributed by atoms with Gasteiger partial charge in [0.05, 0.1) is 13.2 Å². The second kappa shape index (κ2) is 5.35. The zero-order valence-electron chi connectivity index (χ0n) is 8.32. The van der Waals surface area contributed by atoms with Crippen LogP contribution >= 0.6 is 12.4 Å². The minimum Gasteiger partial charge on any atom is -0.376 e. The molecule has 3 heteroatoms. The van der Waals surface area contributed by atoms with E-state index in [2.05, 4.69) is 29.6 Å². The van der Waals surface area contributed by atoms with E-state index in [4.69, 9.17) is 4.74 Å². The molecule has 0 amide bonds. The first-order valence-electron chi connectivity index (χ1n) is 4.72. The fourth-order valence-corrected chi connectivity index (χ4v) is 1.88. The lowest BCUT2D eigenvalue weighted by atomic mass is 9.93. The van der Waals surface area contributed by atoms with Gasteiger partial charge in [-0.1, -0.05) is 24.3 Å². The van der Waals surface area contributed by atoms with Crippen LogP contribution in [0.25, 0.3) is 0 Å². The van der Waals surface area contributed by atoms with Crippen molar-refractivity contribution < 1.29 is 4.74 Å². The first-order chi connectivity index (χ1) is 6.42. The van der Waals surface area contributed by atoms with Crippen molar-refractivity contribution in [3.63, 3.8) is 0 Å².